The van der Waals surface area contributed by atoms with Gasteiger partial charge in [-0.05, 0) is 12.8 Å². The van der Waals surface area contributed by atoms with E-state index in [0.717, 1.165) is 13.1 Å². The highest BCUT2D eigenvalue weighted by atomic mass is 127. The van der Waals surface area contributed by atoms with Crippen molar-refractivity contribution in [3.05, 3.63) is 0 Å². The van der Waals surface area contributed by atoms with Crippen molar-refractivity contribution in [2.24, 2.45) is 0 Å². The second kappa shape index (κ2) is 7.10. The Bertz CT molecular complexity index is 192. The van der Waals surface area contributed by atoms with Gasteiger partial charge in [0.25, 0.3) is 0 Å². The van der Waals surface area contributed by atoms with Crippen molar-refractivity contribution < 1.29 is 3.07 Å². The summed E-state index contributed by atoms with van der Waals surface area (Å²) in [7, 11) is 0. The summed E-state index contributed by atoms with van der Waals surface area (Å²) in [6.07, 6.45) is 2.89. The summed E-state index contributed by atoms with van der Waals surface area (Å²) in [6, 6.07) is 0. The molecule has 2 aliphatic rings. The minimum absolute atomic E-state index is 0.496. The molecule has 0 radical (unpaired) electrons. The molecule has 5 heteroatoms. The molecule has 0 atom stereocenters. The second-order valence-corrected chi connectivity index (χ2v) is 5.23. The Morgan fingerprint density at radius 2 is 1.56 bits per heavy atom. The van der Waals surface area contributed by atoms with Crippen molar-refractivity contribution in [2.75, 3.05) is 52.4 Å². The number of hydrogen-bond donors (Lipinski definition) is 1. The number of piperazine rings is 1. The molecule has 0 saturated carbocycles. The molecule has 0 aromatic carbocycles. The molecule has 2 rings (SSSR count). The molecular formula is C11H22IN3O. The molecule has 0 bridgehead atoms. The highest BCUT2D eigenvalue weighted by Crippen LogP contribution is 2.15. The monoisotopic (exact) mass is 339 g/mol. The van der Waals surface area contributed by atoms with E-state index in [9.17, 15) is 0 Å². The third-order valence-electron chi connectivity index (χ3n) is 3.60. The lowest BCUT2D eigenvalue weighted by Gasteiger charge is -2.33. The maximum Gasteiger partial charge on any atom is 0.110 e. The Hall–Kier alpha value is 0.570. The lowest BCUT2D eigenvalue weighted by Crippen LogP contribution is -2.47. The molecule has 0 unspecified atom stereocenters. The van der Waals surface area contributed by atoms with Gasteiger partial charge in [0.15, 0.2) is 0 Å². The molecule has 2 aliphatic heterocycles. The molecule has 2 heterocycles. The topological polar surface area (TPSA) is 27.7 Å². The van der Waals surface area contributed by atoms with Gasteiger partial charge < -0.3 is 13.3 Å². The van der Waals surface area contributed by atoms with Crippen molar-refractivity contribution in [2.45, 2.75) is 18.9 Å². The quantitative estimate of drug-likeness (QED) is 0.764. The van der Waals surface area contributed by atoms with Crippen LogP contribution in [0, 0.1) is 0 Å². The van der Waals surface area contributed by atoms with Gasteiger partial charge in [0.05, 0.1) is 6.10 Å². The lowest BCUT2D eigenvalue weighted by atomic mass is 10.1. The molecular weight excluding hydrogens is 317 g/mol. The summed E-state index contributed by atoms with van der Waals surface area (Å²) in [5.74, 6) is 0. The SMILES string of the molecule is IOC1CCN(CCN2CCNCC2)CC1. The standard InChI is InChI=1S/C11H22IN3O/c12-16-11-1-5-14(6-2-11)9-10-15-7-3-13-4-8-15/h11,13H,1-10H2. The maximum atomic E-state index is 5.36. The largest absolute Gasteiger partial charge is 0.314 e. The van der Waals surface area contributed by atoms with E-state index in [4.69, 9.17) is 3.07 Å². The van der Waals surface area contributed by atoms with Crippen molar-refractivity contribution >= 4 is 23.0 Å². The Labute approximate surface area is 112 Å². The fourth-order valence-corrected chi connectivity index (χ4v) is 2.95. The minimum Gasteiger partial charge on any atom is -0.314 e. The molecule has 0 aromatic rings. The van der Waals surface area contributed by atoms with Crippen LogP contribution in [0.2, 0.25) is 0 Å². The zero-order chi connectivity index (χ0) is 11.2. The van der Waals surface area contributed by atoms with Gasteiger partial charge in [-0.15, -0.1) is 0 Å². The Kier molecular flexibility index (Phi) is 5.78. The van der Waals surface area contributed by atoms with Gasteiger partial charge in [0, 0.05) is 52.4 Å². The van der Waals surface area contributed by atoms with Gasteiger partial charge in [0.2, 0.25) is 0 Å². The van der Waals surface area contributed by atoms with Crippen LogP contribution in [0.15, 0.2) is 0 Å². The molecule has 16 heavy (non-hydrogen) atoms. The van der Waals surface area contributed by atoms with Crippen LogP contribution in [-0.2, 0) is 3.07 Å². The summed E-state index contributed by atoms with van der Waals surface area (Å²) in [6.45, 7) is 9.63. The van der Waals surface area contributed by atoms with Crippen molar-refractivity contribution in [1.29, 1.82) is 0 Å². The van der Waals surface area contributed by atoms with Crippen LogP contribution in [0.1, 0.15) is 12.8 Å². The summed E-state index contributed by atoms with van der Waals surface area (Å²) in [5, 5.41) is 3.39. The zero-order valence-corrected chi connectivity index (χ0v) is 12.0. The molecule has 94 valence electrons. The molecule has 0 aliphatic carbocycles. The first-order valence-electron chi connectivity index (χ1n) is 6.31. The maximum absolute atomic E-state index is 5.36. The van der Waals surface area contributed by atoms with E-state index in [1.54, 1.807) is 0 Å². The zero-order valence-electron chi connectivity index (χ0n) is 9.83. The highest BCUT2D eigenvalue weighted by Gasteiger charge is 2.19. The molecule has 2 saturated heterocycles. The van der Waals surface area contributed by atoms with E-state index >= 15 is 0 Å². The average molecular weight is 339 g/mol. The average Bonchev–Trinajstić information content (AvgIpc) is 2.38. The van der Waals surface area contributed by atoms with Crippen LogP contribution >= 0.6 is 23.0 Å². The minimum atomic E-state index is 0.496. The number of halogens is 1. The molecule has 0 amide bonds. The van der Waals surface area contributed by atoms with Gasteiger partial charge in [-0.3, -0.25) is 4.90 Å². The van der Waals surface area contributed by atoms with Crippen LogP contribution in [0.3, 0.4) is 0 Å². The van der Waals surface area contributed by atoms with E-state index in [1.165, 1.54) is 52.1 Å². The van der Waals surface area contributed by atoms with Gasteiger partial charge in [-0.25, -0.2) is 0 Å². The fraction of sp³-hybridized carbons (Fsp3) is 1.00. The Morgan fingerprint density at radius 1 is 1.00 bits per heavy atom. The van der Waals surface area contributed by atoms with E-state index in [0.29, 0.717) is 6.10 Å². The van der Waals surface area contributed by atoms with E-state index < -0.39 is 0 Å². The van der Waals surface area contributed by atoms with E-state index in [-0.39, 0.29) is 0 Å². The van der Waals surface area contributed by atoms with Gasteiger partial charge in [-0.2, -0.15) is 0 Å². The predicted molar refractivity (Wildman–Crippen MR) is 73.9 cm³/mol. The lowest BCUT2D eigenvalue weighted by molar-refractivity contribution is 0.117. The first-order chi connectivity index (χ1) is 7.88. The Balaban J connectivity index is 1.59. The Morgan fingerprint density at radius 3 is 2.12 bits per heavy atom. The third kappa shape index (κ3) is 4.10. The van der Waals surface area contributed by atoms with Crippen LogP contribution < -0.4 is 5.32 Å². The number of likely N-dealkylation sites (tertiary alicyclic amines) is 1. The highest BCUT2D eigenvalue weighted by molar-refractivity contribution is 14.1. The van der Waals surface area contributed by atoms with Gasteiger partial charge in [0.1, 0.15) is 23.0 Å². The number of rotatable bonds is 4. The van der Waals surface area contributed by atoms with Crippen LogP contribution in [0.25, 0.3) is 0 Å². The van der Waals surface area contributed by atoms with Crippen LogP contribution in [0.5, 0.6) is 0 Å². The van der Waals surface area contributed by atoms with Crippen molar-refractivity contribution in [3.63, 3.8) is 0 Å². The van der Waals surface area contributed by atoms with E-state index in [1.807, 2.05) is 23.0 Å². The molecule has 2 fully saturated rings. The number of hydrogen-bond acceptors (Lipinski definition) is 4. The normalized spacial score (nSPS) is 26.1. The van der Waals surface area contributed by atoms with Crippen LogP contribution in [-0.4, -0.2) is 68.3 Å². The second-order valence-electron chi connectivity index (χ2n) is 4.72. The third-order valence-corrected chi connectivity index (χ3v) is 4.32. The number of nitrogens with zero attached hydrogens (tertiary/aromatic N) is 2. The summed E-state index contributed by atoms with van der Waals surface area (Å²) < 4.78 is 5.36. The number of piperidine rings is 1. The fourth-order valence-electron chi connectivity index (χ4n) is 2.44. The van der Waals surface area contributed by atoms with Gasteiger partial charge >= 0.3 is 0 Å². The molecule has 0 spiro atoms. The summed E-state index contributed by atoms with van der Waals surface area (Å²) in [4.78, 5) is 5.14. The first kappa shape index (κ1) is 13.0. The molecule has 4 nitrogen and oxygen atoms in total. The van der Waals surface area contributed by atoms with Crippen molar-refractivity contribution in [1.82, 2.24) is 15.1 Å². The molecule has 0 aromatic heterocycles. The van der Waals surface area contributed by atoms with Crippen LogP contribution in [0.4, 0.5) is 0 Å². The summed E-state index contributed by atoms with van der Waals surface area (Å²) in [5.41, 5.74) is 0. The molecule has 1 N–H and O–H groups in total. The van der Waals surface area contributed by atoms with Crippen molar-refractivity contribution in [3.8, 4) is 0 Å². The first-order valence-corrected chi connectivity index (χ1v) is 7.19. The number of nitrogens with one attached hydrogen (secondary N) is 1. The van der Waals surface area contributed by atoms with Gasteiger partial charge in [-0.1, -0.05) is 0 Å². The predicted octanol–water partition coefficient (Wildman–Crippen LogP) is 0.723. The summed E-state index contributed by atoms with van der Waals surface area (Å²) >= 11 is 2.04. The van der Waals surface area contributed by atoms with E-state index in [2.05, 4.69) is 15.1 Å². The smallest absolute Gasteiger partial charge is 0.110 e.